The molecule has 174 valence electrons. The lowest BCUT2D eigenvalue weighted by molar-refractivity contribution is -0.123. The second-order valence-electron chi connectivity index (χ2n) is 9.13. The summed E-state index contributed by atoms with van der Waals surface area (Å²) in [6.45, 7) is 5.48. The molecule has 1 aromatic carbocycles. The molecule has 0 radical (unpaired) electrons. The number of amides is 1. The molecule has 0 aliphatic heterocycles. The Labute approximate surface area is 196 Å². The minimum atomic E-state index is -0.494. The van der Waals surface area contributed by atoms with Crippen LogP contribution < -0.4 is 5.32 Å². The zero-order valence-electron chi connectivity index (χ0n) is 18.9. The number of anilines is 1. The monoisotopic (exact) mass is 471 g/mol. The molecule has 0 bridgehead atoms. The minimum absolute atomic E-state index is 0.00901. The molecule has 2 heterocycles. The average Bonchev–Trinajstić information content (AvgIpc) is 3.20. The first-order chi connectivity index (χ1) is 15.7. The fourth-order valence-corrected chi connectivity index (χ4v) is 4.83. The van der Waals surface area contributed by atoms with Gasteiger partial charge in [0.2, 0.25) is 5.91 Å². The van der Waals surface area contributed by atoms with E-state index < -0.39 is 5.82 Å². The molecule has 1 saturated carbocycles. The Morgan fingerprint density at radius 2 is 2.06 bits per heavy atom. The summed E-state index contributed by atoms with van der Waals surface area (Å²) in [5.41, 5.74) is 1.87. The number of rotatable bonds is 6. The number of hydrogen-bond acceptors (Lipinski definition) is 5. The highest BCUT2D eigenvalue weighted by Gasteiger charge is 2.28. The number of pyridine rings is 1. The van der Waals surface area contributed by atoms with Gasteiger partial charge in [-0.1, -0.05) is 23.2 Å². The van der Waals surface area contributed by atoms with Crippen LogP contribution in [0.2, 0.25) is 5.02 Å². The van der Waals surface area contributed by atoms with Crippen LogP contribution in [-0.4, -0.2) is 31.7 Å². The van der Waals surface area contributed by atoms with Crippen molar-refractivity contribution in [1.82, 2.24) is 20.0 Å². The smallest absolute Gasteiger partial charge is 0.228 e. The summed E-state index contributed by atoms with van der Waals surface area (Å²) in [5, 5.41) is 11.2. The van der Waals surface area contributed by atoms with Crippen LogP contribution >= 0.6 is 11.6 Å². The van der Waals surface area contributed by atoms with Gasteiger partial charge in [0.25, 0.3) is 0 Å². The van der Waals surface area contributed by atoms with Crippen LogP contribution in [0.5, 0.6) is 0 Å². The maximum Gasteiger partial charge on any atom is 0.228 e. The van der Waals surface area contributed by atoms with Gasteiger partial charge < -0.3 is 10.1 Å². The van der Waals surface area contributed by atoms with E-state index in [2.05, 4.69) is 20.6 Å². The number of hydrogen-bond donors (Lipinski definition) is 1. The van der Waals surface area contributed by atoms with Gasteiger partial charge in [-0.2, -0.15) is 0 Å². The molecule has 1 amide bonds. The summed E-state index contributed by atoms with van der Waals surface area (Å²) < 4.78 is 16.4. The van der Waals surface area contributed by atoms with E-state index in [4.69, 9.17) is 11.6 Å². The van der Waals surface area contributed by atoms with E-state index in [0.29, 0.717) is 40.3 Å². The van der Waals surface area contributed by atoms with Crippen molar-refractivity contribution >= 4 is 40.1 Å². The molecule has 33 heavy (non-hydrogen) atoms. The SMILES string of the molecule is CC(=O)C[C@@H]1CCC[C@H](C(=O)Nc2cc(-c3cc(F)c4nnn(C(C)C)c4c3)c(Cl)cn2)C1. The van der Waals surface area contributed by atoms with Gasteiger partial charge in [-0.25, -0.2) is 14.1 Å². The molecule has 2 atom stereocenters. The predicted octanol–water partition coefficient (Wildman–Crippen LogP) is 5.59. The fraction of sp³-hybridized carbons (Fsp3) is 0.458. The summed E-state index contributed by atoms with van der Waals surface area (Å²) >= 11 is 6.40. The van der Waals surface area contributed by atoms with Crippen LogP contribution in [0.25, 0.3) is 22.2 Å². The minimum Gasteiger partial charge on any atom is -0.310 e. The number of fused-ring (bicyclic) bond motifs is 1. The number of aromatic nitrogens is 4. The molecule has 2 aromatic heterocycles. The Morgan fingerprint density at radius 3 is 2.79 bits per heavy atom. The lowest BCUT2D eigenvalue weighted by Gasteiger charge is -2.27. The number of carbonyl (C=O) groups is 2. The van der Waals surface area contributed by atoms with Crippen molar-refractivity contribution in [1.29, 1.82) is 0 Å². The summed E-state index contributed by atoms with van der Waals surface area (Å²) in [6.07, 6.45) is 5.35. The van der Waals surface area contributed by atoms with E-state index in [-0.39, 0.29) is 35.1 Å². The highest BCUT2D eigenvalue weighted by atomic mass is 35.5. The van der Waals surface area contributed by atoms with Crippen molar-refractivity contribution in [2.24, 2.45) is 11.8 Å². The zero-order chi connectivity index (χ0) is 23.7. The van der Waals surface area contributed by atoms with E-state index in [9.17, 15) is 14.0 Å². The summed E-state index contributed by atoms with van der Waals surface area (Å²) in [5.74, 6) is -0.0224. The molecule has 7 nitrogen and oxygen atoms in total. The van der Waals surface area contributed by atoms with Crippen molar-refractivity contribution in [2.45, 2.75) is 58.9 Å². The van der Waals surface area contributed by atoms with E-state index in [1.807, 2.05) is 13.8 Å². The third-order valence-corrected chi connectivity index (χ3v) is 6.47. The predicted molar refractivity (Wildman–Crippen MR) is 125 cm³/mol. The van der Waals surface area contributed by atoms with Gasteiger partial charge in [-0.05, 0) is 69.7 Å². The van der Waals surface area contributed by atoms with Crippen LogP contribution in [0.4, 0.5) is 10.2 Å². The molecule has 3 aromatic rings. The van der Waals surface area contributed by atoms with Crippen LogP contribution in [0.15, 0.2) is 24.4 Å². The molecular formula is C24H27ClFN5O2. The van der Waals surface area contributed by atoms with Crippen molar-refractivity contribution in [3.8, 4) is 11.1 Å². The molecule has 0 unspecified atom stereocenters. The first-order valence-electron chi connectivity index (χ1n) is 11.2. The summed E-state index contributed by atoms with van der Waals surface area (Å²) in [7, 11) is 0. The number of Topliss-reactive ketones (excluding diaryl/α,β-unsaturated/α-hetero) is 1. The third kappa shape index (κ3) is 5.05. The van der Waals surface area contributed by atoms with Crippen molar-refractivity contribution < 1.29 is 14.0 Å². The van der Waals surface area contributed by atoms with Crippen LogP contribution in [0.1, 0.15) is 58.9 Å². The van der Waals surface area contributed by atoms with E-state index in [1.54, 1.807) is 23.7 Å². The Balaban J connectivity index is 1.59. The number of nitrogens with zero attached hydrogens (tertiary/aromatic N) is 4. The molecule has 1 fully saturated rings. The second kappa shape index (κ2) is 9.55. The Hall–Kier alpha value is -2.87. The summed E-state index contributed by atoms with van der Waals surface area (Å²) in [4.78, 5) is 28.6. The van der Waals surface area contributed by atoms with Gasteiger partial charge in [-0.3, -0.25) is 4.79 Å². The number of ketones is 1. The number of nitrogens with one attached hydrogen (secondary N) is 1. The second-order valence-corrected chi connectivity index (χ2v) is 9.54. The quantitative estimate of drug-likeness (QED) is 0.506. The van der Waals surface area contributed by atoms with Gasteiger partial charge in [0.05, 0.1) is 10.5 Å². The van der Waals surface area contributed by atoms with Crippen LogP contribution in [-0.2, 0) is 9.59 Å². The maximum absolute atomic E-state index is 14.8. The van der Waals surface area contributed by atoms with Crippen molar-refractivity contribution in [2.75, 3.05) is 5.32 Å². The van der Waals surface area contributed by atoms with Crippen LogP contribution in [0.3, 0.4) is 0 Å². The topological polar surface area (TPSA) is 89.8 Å². The Morgan fingerprint density at radius 1 is 1.27 bits per heavy atom. The first-order valence-corrected chi connectivity index (χ1v) is 11.6. The molecule has 0 saturated heterocycles. The maximum atomic E-state index is 14.8. The molecule has 1 aliphatic carbocycles. The lowest BCUT2D eigenvalue weighted by atomic mass is 9.79. The van der Waals surface area contributed by atoms with Gasteiger partial charge in [-0.15, -0.1) is 5.10 Å². The van der Waals surface area contributed by atoms with E-state index in [0.717, 1.165) is 19.3 Å². The normalized spacial score (nSPS) is 18.6. The number of halogens is 2. The van der Waals surface area contributed by atoms with Gasteiger partial charge in [0, 0.05) is 30.1 Å². The molecule has 1 N–H and O–H groups in total. The highest BCUT2D eigenvalue weighted by molar-refractivity contribution is 6.33. The summed E-state index contributed by atoms with van der Waals surface area (Å²) in [6, 6.07) is 4.82. The molecular weight excluding hydrogens is 445 g/mol. The fourth-order valence-electron chi connectivity index (χ4n) is 4.61. The Kier molecular flexibility index (Phi) is 6.74. The highest BCUT2D eigenvalue weighted by Crippen LogP contribution is 2.34. The van der Waals surface area contributed by atoms with Crippen molar-refractivity contribution in [3.63, 3.8) is 0 Å². The lowest BCUT2D eigenvalue weighted by Crippen LogP contribution is -2.29. The van der Waals surface area contributed by atoms with E-state index in [1.165, 1.54) is 12.3 Å². The molecule has 0 spiro atoms. The number of benzene rings is 1. The van der Waals surface area contributed by atoms with Crippen LogP contribution in [0, 0.1) is 17.7 Å². The van der Waals surface area contributed by atoms with Gasteiger partial charge >= 0.3 is 0 Å². The molecule has 9 heteroatoms. The molecule has 4 rings (SSSR count). The number of carbonyl (C=O) groups excluding carboxylic acids is 2. The van der Waals surface area contributed by atoms with Crippen molar-refractivity contribution in [3.05, 3.63) is 35.2 Å². The third-order valence-electron chi connectivity index (χ3n) is 6.17. The van der Waals surface area contributed by atoms with Gasteiger partial charge in [0.15, 0.2) is 5.82 Å². The largest absolute Gasteiger partial charge is 0.310 e. The average molecular weight is 472 g/mol. The van der Waals surface area contributed by atoms with Gasteiger partial charge in [0.1, 0.15) is 17.1 Å². The van der Waals surface area contributed by atoms with E-state index >= 15 is 0 Å². The Bertz CT molecular complexity index is 1210. The molecule has 1 aliphatic rings. The zero-order valence-corrected chi connectivity index (χ0v) is 19.7. The standard InChI is InChI=1S/C24H27ClFN5O2/c1-13(2)31-21-10-17(9-20(26)23(21)29-30-31)18-11-22(27-12-19(18)25)28-24(33)16-6-4-5-15(8-16)7-14(3)32/h9-13,15-16H,4-8H2,1-3H3,(H,27,28,33)/t15-,16-/m0/s1. The first kappa shape index (κ1) is 23.3.